The molecule has 0 unspecified atom stereocenters. The first-order chi connectivity index (χ1) is 9.90. The van der Waals surface area contributed by atoms with E-state index in [0.717, 1.165) is 6.54 Å². The number of amides is 2. The lowest BCUT2D eigenvalue weighted by Gasteiger charge is -2.11. The number of carbonyl (C=O) groups is 2. The highest BCUT2D eigenvalue weighted by Crippen LogP contribution is 2.02. The van der Waals surface area contributed by atoms with Gasteiger partial charge in [0.25, 0.3) is 11.8 Å². The molecule has 1 aromatic heterocycles. The summed E-state index contributed by atoms with van der Waals surface area (Å²) in [6.45, 7) is 5.94. The van der Waals surface area contributed by atoms with Gasteiger partial charge in [-0.3, -0.25) is 14.6 Å². The number of nitrogens with zero attached hydrogens (tertiary/aromatic N) is 2. The van der Waals surface area contributed by atoms with Gasteiger partial charge in [-0.05, 0) is 32.1 Å². The van der Waals surface area contributed by atoms with Gasteiger partial charge < -0.3 is 15.5 Å². The summed E-state index contributed by atoms with van der Waals surface area (Å²) in [5, 5.41) is 5.59. The maximum absolute atomic E-state index is 12.0. The fraction of sp³-hybridized carbons (Fsp3) is 0.533. The first-order valence-corrected chi connectivity index (χ1v) is 7.07. The molecule has 2 amide bonds. The highest BCUT2D eigenvalue weighted by atomic mass is 16.2. The van der Waals surface area contributed by atoms with E-state index >= 15 is 0 Å². The van der Waals surface area contributed by atoms with Crippen LogP contribution in [0, 0.1) is 5.92 Å². The van der Waals surface area contributed by atoms with Gasteiger partial charge in [0.15, 0.2) is 0 Å². The zero-order valence-electron chi connectivity index (χ0n) is 13.1. The number of nitrogens with one attached hydrogen (secondary N) is 2. The highest BCUT2D eigenvalue weighted by molar-refractivity contribution is 5.98. The molecule has 0 spiro atoms. The number of likely N-dealkylation sites (N-methyl/N-ethyl adjacent to an activating group) is 1. The minimum atomic E-state index is -0.258. The van der Waals surface area contributed by atoms with Crippen LogP contribution in [0.2, 0.25) is 0 Å². The summed E-state index contributed by atoms with van der Waals surface area (Å²) in [4.78, 5) is 29.9. The van der Waals surface area contributed by atoms with Crippen molar-refractivity contribution in [2.24, 2.45) is 5.92 Å². The zero-order chi connectivity index (χ0) is 15.8. The number of hydrogen-bond acceptors (Lipinski definition) is 4. The molecule has 2 N–H and O–H groups in total. The molecule has 0 saturated carbocycles. The average molecular weight is 292 g/mol. The Morgan fingerprint density at radius 1 is 1.24 bits per heavy atom. The molecule has 6 nitrogen and oxygen atoms in total. The minimum Gasteiger partial charge on any atom is -0.351 e. The molecule has 0 saturated heterocycles. The number of carbonyl (C=O) groups excluding carboxylic acids is 2. The number of rotatable bonds is 7. The van der Waals surface area contributed by atoms with Crippen LogP contribution in [-0.4, -0.2) is 55.4 Å². The molecule has 1 aromatic rings. The molecule has 0 fully saturated rings. The summed E-state index contributed by atoms with van der Waals surface area (Å²) in [5.74, 6) is -0.0877. The van der Waals surface area contributed by atoms with Gasteiger partial charge in [-0.15, -0.1) is 0 Å². The number of hydrogen-bond donors (Lipinski definition) is 2. The molecule has 6 heteroatoms. The smallest absolute Gasteiger partial charge is 0.269 e. The summed E-state index contributed by atoms with van der Waals surface area (Å²) in [6, 6.07) is 3.12. The zero-order valence-corrected chi connectivity index (χ0v) is 13.1. The molecule has 1 heterocycles. The highest BCUT2D eigenvalue weighted by Gasteiger charge is 2.11. The Balaban J connectivity index is 2.62. The van der Waals surface area contributed by atoms with Crippen LogP contribution in [-0.2, 0) is 0 Å². The van der Waals surface area contributed by atoms with Crippen molar-refractivity contribution in [1.82, 2.24) is 20.5 Å². The van der Waals surface area contributed by atoms with Crippen LogP contribution in [0.15, 0.2) is 18.3 Å². The Morgan fingerprint density at radius 2 is 1.95 bits per heavy atom. The quantitative estimate of drug-likeness (QED) is 0.778. The molecule has 0 aliphatic heterocycles. The van der Waals surface area contributed by atoms with Crippen LogP contribution in [0.5, 0.6) is 0 Å². The Labute approximate surface area is 125 Å². The van der Waals surface area contributed by atoms with Gasteiger partial charge in [-0.1, -0.05) is 13.8 Å². The summed E-state index contributed by atoms with van der Waals surface area (Å²) >= 11 is 0. The van der Waals surface area contributed by atoms with Crippen molar-refractivity contribution in [2.45, 2.75) is 13.8 Å². The molecule has 0 aromatic carbocycles. The van der Waals surface area contributed by atoms with Gasteiger partial charge in [-0.25, -0.2) is 0 Å². The molecular weight excluding hydrogens is 268 g/mol. The van der Waals surface area contributed by atoms with E-state index in [1.165, 1.54) is 12.3 Å². The van der Waals surface area contributed by atoms with Gasteiger partial charge in [0.05, 0.1) is 0 Å². The van der Waals surface area contributed by atoms with Crippen molar-refractivity contribution >= 4 is 11.8 Å². The topological polar surface area (TPSA) is 74.3 Å². The van der Waals surface area contributed by atoms with E-state index < -0.39 is 0 Å². The third kappa shape index (κ3) is 6.35. The predicted octanol–water partition coefficient (Wildman–Crippen LogP) is 0.759. The molecule has 0 atom stereocenters. The first kappa shape index (κ1) is 17.1. The summed E-state index contributed by atoms with van der Waals surface area (Å²) in [7, 11) is 3.88. The van der Waals surface area contributed by atoms with Gasteiger partial charge in [0, 0.05) is 31.4 Å². The van der Waals surface area contributed by atoms with Gasteiger partial charge in [0.2, 0.25) is 0 Å². The Hall–Kier alpha value is -1.95. The van der Waals surface area contributed by atoms with E-state index in [0.29, 0.717) is 24.6 Å². The van der Waals surface area contributed by atoms with Crippen LogP contribution in [0.1, 0.15) is 34.7 Å². The molecule has 0 bridgehead atoms. The second-order valence-corrected chi connectivity index (χ2v) is 5.59. The van der Waals surface area contributed by atoms with Gasteiger partial charge >= 0.3 is 0 Å². The third-order valence-corrected chi connectivity index (χ3v) is 2.77. The van der Waals surface area contributed by atoms with Crippen molar-refractivity contribution < 1.29 is 9.59 Å². The van der Waals surface area contributed by atoms with Crippen LogP contribution in [0.3, 0.4) is 0 Å². The Bertz CT molecular complexity index is 486. The molecule has 0 aliphatic rings. The Kier molecular flexibility index (Phi) is 6.81. The normalized spacial score (nSPS) is 10.8. The van der Waals surface area contributed by atoms with Crippen molar-refractivity contribution in [3.05, 3.63) is 29.6 Å². The number of aromatic nitrogens is 1. The lowest BCUT2D eigenvalue weighted by molar-refractivity contribution is 0.0944. The SMILES string of the molecule is CC(C)CNC(=O)c1cc(C(=O)NCCN(C)C)ccn1. The fourth-order valence-corrected chi connectivity index (χ4v) is 1.58. The van der Waals surface area contributed by atoms with Crippen molar-refractivity contribution in [1.29, 1.82) is 0 Å². The minimum absolute atomic E-state index is 0.197. The second kappa shape index (κ2) is 8.36. The maximum atomic E-state index is 12.0. The van der Waals surface area contributed by atoms with E-state index in [2.05, 4.69) is 15.6 Å². The van der Waals surface area contributed by atoms with E-state index in [9.17, 15) is 9.59 Å². The largest absolute Gasteiger partial charge is 0.351 e. The van der Waals surface area contributed by atoms with Crippen molar-refractivity contribution in [3.8, 4) is 0 Å². The average Bonchev–Trinajstić information content (AvgIpc) is 2.44. The predicted molar refractivity (Wildman–Crippen MR) is 82.3 cm³/mol. The monoisotopic (exact) mass is 292 g/mol. The van der Waals surface area contributed by atoms with E-state index in [4.69, 9.17) is 0 Å². The Morgan fingerprint density at radius 3 is 2.57 bits per heavy atom. The maximum Gasteiger partial charge on any atom is 0.269 e. The molecule has 1 rings (SSSR count). The van der Waals surface area contributed by atoms with Crippen LogP contribution < -0.4 is 10.6 Å². The van der Waals surface area contributed by atoms with Crippen LogP contribution >= 0.6 is 0 Å². The summed E-state index contributed by atoms with van der Waals surface area (Å²) in [5.41, 5.74) is 0.703. The van der Waals surface area contributed by atoms with Crippen molar-refractivity contribution in [3.63, 3.8) is 0 Å². The van der Waals surface area contributed by atoms with Gasteiger partial charge in [0.1, 0.15) is 5.69 Å². The van der Waals surface area contributed by atoms with Crippen molar-refractivity contribution in [2.75, 3.05) is 33.7 Å². The summed E-state index contributed by atoms with van der Waals surface area (Å²) < 4.78 is 0. The molecule has 21 heavy (non-hydrogen) atoms. The van der Waals surface area contributed by atoms with E-state index in [1.54, 1.807) is 6.07 Å². The first-order valence-electron chi connectivity index (χ1n) is 7.07. The fourth-order valence-electron chi connectivity index (χ4n) is 1.58. The second-order valence-electron chi connectivity index (χ2n) is 5.59. The van der Waals surface area contributed by atoms with Gasteiger partial charge in [-0.2, -0.15) is 0 Å². The molecule has 116 valence electrons. The van der Waals surface area contributed by atoms with Crippen LogP contribution in [0.4, 0.5) is 0 Å². The van der Waals surface area contributed by atoms with E-state index in [1.807, 2.05) is 32.8 Å². The molecular formula is C15H24N4O2. The third-order valence-electron chi connectivity index (χ3n) is 2.77. The lowest BCUT2D eigenvalue weighted by Crippen LogP contribution is -2.32. The molecule has 0 radical (unpaired) electrons. The lowest BCUT2D eigenvalue weighted by atomic mass is 10.2. The number of pyridine rings is 1. The van der Waals surface area contributed by atoms with E-state index in [-0.39, 0.29) is 17.5 Å². The molecule has 0 aliphatic carbocycles. The summed E-state index contributed by atoms with van der Waals surface area (Å²) in [6.07, 6.45) is 1.48. The van der Waals surface area contributed by atoms with Crippen LogP contribution in [0.25, 0.3) is 0 Å². The standard InChI is InChI=1S/C15H24N4O2/c1-11(2)10-18-15(21)13-9-12(5-6-16-13)14(20)17-7-8-19(3)4/h5-6,9,11H,7-8,10H2,1-4H3,(H,17,20)(H,18,21).